The fourth-order valence-corrected chi connectivity index (χ4v) is 2.97. The van der Waals surface area contributed by atoms with Gasteiger partial charge in [0.2, 0.25) is 0 Å². The van der Waals surface area contributed by atoms with Crippen molar-refractivity contribution < 1.29 is 4.74 Å². The highest BCUT2D eigenvalue weighted by Crippen LogP contribution is 2.34. The molecule has 132 valence electrons. The maximum atomic E-state index is 6.12. The van der Waals surface area contributed by atoms with Crippen molar-refractivity contribution in [1.82, 2.24) is 0 Å². The van der Waals surface area contributed by atoms with Gasteiger partial charge in [0.05, 0.1) is 0 Å². The molecule has 1 unspecified atom stereocenters. The number of hydrogen-bond donors (Lipinski definition) is 1. The van der Waals surface area contributed by atoms with Gasteiger partial charge in [0, 0.05) is 17.8 Å². The van der Waals surface area contributed by atoms with Crippen molar-refractivity contribution in [3.05, 3.63) is 65.2 Å². The quantitative estimate of drug-likeness (QED) is 0.721. The largest absolute Gasteiger partial charge is 0.483 e. The first-order valence-electron chi connectivity index (χ1n) is 9.15. The first kappa shape index (κ1) is 17.6. The molecule has 0 fully saturated rings. The van der Waals surface area contributed by atoms with Crippen LogP contribution in [-0.4, -0.2) is 5.60 Å². The molecule has 2 nitrogen and oxygen atoms in total. The van der Waals surface area contributed by atoms with Crippen LogP contribution in [0.1, 0.15) is 57.7 Å². The number of hydrogen-bond acceptors (Lipinski definition) is 2. The Hall–Kier alpha value is -2.22. The molecule has 0 amide bonds. The Morgan fingerprint density at radius 1 is 1.08 bits per heavy atom. The number of benzene rings is 2. The van der Waals surface area contributed by atoms with Crippen LogP contribution in [0.15, 0.2) is 48.5 Å². The number of anilines is 1. The summed E-state index contributed by atoms with van der Waals surface area (Å²) in [5.74, 6) is 0.965. The highest BCUT2D eigenvalue weighted by atomic mass is 16.5. The van der Waals surface area contributed by atoms with E-state index in [1.807, 2.05) is 0 Å². The minimum atomic E-state index is -0.185. The molecular formula is C23H29NO. The number of nitrogens with one attached hydrogen (secondary N) is 1. The van der Waals surface area contributed by atoms with E-state index in [1.54, 1.807) is 0 Å². The summed E-state index contributed by atoms with van der Waals surface area (Å²) in [5.41, 5.74) is 4.92. The average molecular weight is 335 g/mol. The first-order chi connectivity index (χ1) is 11.8. The molecule has 1 aliphatic rings. The zero-order valence-electron chi connectivity index (χ0n) is 16.0. The molecule has 2 aromatic carbocycles. The molecule has 1 N–H and O–H groups in total. The highest BCUT2D eigenvalue weighted by molar-refractivity contribution is 5.66. The molecule has 0 aliphatic carbocycles. The molecule has 0 aromatic heterocycles. The predicted octanol–water partition coefficient (Wildman–Crippen LogP) is 6.17. The maximum Gasteiger partial charge on any atom is 0.127 e. The van der Waals surface area contributed by atoms with Crippen LogP contribution >= 0.6 is 0 Å². The standard InChI is InChI=1S/C23H29NO/c1-6-23(5)13-12-18-15-20(10-11-21(18)25-23)24-16-17-8-7-9-19(14-17)22(2,3)4/h7-15,24H,6,16H2,1-5H3. The van der Waals surface area contributed by atoms with Crippen LogP contribution in [0.5, 0.6) is 5.75 Å². The van der Waals surface area contributed by atoms with Gasteiger partial charge in [-0.15, -0.1) is 0 Å². The van der Waals surface area contributed by atoms with Gasteiger partial charge >= 0.3 is 0 Å². The lowest BCUT2D eigenvalue weighted by atomic mass is 9.86. The van der Waals surface area contributed by atoms with Crippen molar-refractivity contribution in [2.24, 2.45) is 0 Å². The molecule has 2 aromatic rings. The SMILES string of the molecule is CCC1(C)C=Cc2cc(NCc3cccc(C(C)(C)C)c3)ccc2O1. The third-order valence-electron chi connectivity index (χ3n) is 4.96. The maximum absolute atomic E-state index is 6.12. The molecule has 0 saturated heterocycles. The van der Waals surface area contributed by atoms with E-state index in [0.717, 1.165) is 30.0 Å². The highest BCUT2D eigenvalue weighted by Gasteiger charge is 2.25. The molecule has 1 aliphatic heterocycles. The molecule has 2 heteroatoms. The van der Waals surface area contributed by atoms with E-state index in [4.69, 9.17) is 4.74 Å². The number of rotatable bonds is 4. The molecule has 0 radical (unpaired) electrons. The van der Waals surface area contributed by atoms with Crippen LogP contribution in [0.2, 0.25) is 0 Å². The van der Waals surface area contributed by atoms with Gasteiger partial charge in [0.1, 0.15) is 11.4 Å². The Kier molecular flexibility index (Phi) is 4.64. The lowest BCUT2D eigenvalue weighted by Crippen LogP contribution is -2.30. The zero-order valence-corrected chi connectivity index (χ0v) is 16.0. The van der Waals surface area contributed by atoms with Crippen molar-refractivity contribution in [3.8, 4) is 5.75 Å². The van der Waals surface area contributed by atoms with Gasteiger partial charge in [-0.3, -0.25) is 0 Å². The summed E-state index contributed by atoms with van der Waals surface area (Å²) in [6.45, 7) is 11.8. The summed E-state index contributed by atoms with van der Waals surface area (Å²) >= 11 is 0. The number of ether oxygens (including phenoxy) is 1. The molecule has 0 saturated carbocycles. The Bertz CT molecular complexity index is 785. The van der Waals surface area contributed by atoms with E-state index in [9.17, 15) is 0 Å². The van der Waals surface area contributed by atoms with Crippen molar-refractivity contribution in [1.29, 1.82) is 0 Å². The fraction of sp³-hybridized carbons (Fsp3) is 0.391. The number of fused-ring (bicyclic) bond motifs is 1. The van der Waals surface area contributed by atoms with Gasteiger partial charge in [-0.05, 0) is 54.2 Å². The van der Waals surface area contributed by atoms with Gasteiger partial charge in [-0.1, -0.05) is 58.0 Å². The van der Waals surface area contributed by atoms with E-state index >= 15 is 0 Å². The average Bonchev–Trinajstić information content (AvgIpc) is 2.59. The van der Waals surface area contributed by atoms with E-state index in [2.05, 4.69) is 94.6 Å². The van der Waals surface area contributed by atoms with Gasteiger partial charge in [0.25, 0.3) is 0 Å². The molecule has 25 heavy (non-hydrogen) atoms. The monoisotopic (exact) mass is 335 g/mol. The topological polar surface area (TPSA) is 21.3 Å². The smallest absolute Gasteiger partial charge is 0.127 e. The summed E-state index contributed by atoms with van der Waals surface area (Å²) in [7, 11) is 0. The molecule has 1 atom stereocenters. The van der Waals surface area contributed by atoms with Gasteiger partial charge in [0.15, 0.2) is 0 Å². The molecule has 0 spiro atoms. The second-order valence-corrected chi connectivity index (χ2v) is 8.16. The lowest BCUT2D eigenvalue weighted by molar-refractivity contribution is 0.133. The van der Waals surface area contributed by atoms with Crippen LogP contribution in [-0.2, 0) is 12.0 Å². The summed E-state index contributed by atoms with van der Waals surface area (Å²) in [4.78, 5) is 0. The predicted molar refractivity (Wildman–Crippen MR) is 107 cm³/mol. The Balaban J connectivity index is 1.72. The molecule has 3 rings (SSSR count). The van der Waals surface area contributed by atoms with E-state index < -0.39 is 0 Å². The fourth-order valence-electron chi connectivity index (χ4n) is 2.97. The van der Waals surface area contributed by atoms with E-state index in [1.165, 1.54) is 11.1 Å². The van der Waals surface area contributed by atoms with Crippen molar-refractivity contribution in [2.75, 3.05) is 5.32 Å². The van der Waals surface area contributed by atoms with Crippen LogP contribution in [0, 0.1) is 0 Å². The summed E-state index contributed by atoms with van der Waals surface area (Å²) in [6, 6.07) is 15.1. The minimum Gasteiger partial charge on any atom is -0.483 e. The zero-order chi connectivity index (χ0) is 18.1. The van der Waals surface area contributed by atoms with Gasteiger partial charge < -0.3 is 10.1 Å². The Labute approximate surface area is 151 Å². The first-order valence-corrected chi connectivity index (χ1v) is 9.15. The Morgan fingerprint density at radius 2 is 1.88 bits per heavy atom. The van der Waals surface area contributed by atoms with Crippen LogP contribution < -0.4 is 10.1 Å². The van der Waals surface area contributed by atoms with Crippen molar-refractivity contribution in [3.63, 3.8) is 0 Å². The van der Waals surface area contributed by atoms with Crippen LogP contribution in [0.4, 0.5) is 5.69 Å². The third-order valence-corrected chi connectivity index (χ3v) is 4.96. The van der Waals surface area contributed by atoms with Crippen LogP contribution in [0.3, 0.4) is 0 Å². The normalized spacial score (nSPS) is 19.2. The summed E-state index contributed by atoms with van der Waals surface area (Å²) in [5, 5.41) is 3.53. The van der Waals surface area contributed by atoms with Gasteiger partial charge in [-0.2, -0.15) is 0 Å². The van der Waals surface area contributed by atoms with Gasteiger partial charge in [-0.25, -0.2) is 0 Å². The summed E-state index contributed by atoms with van der Waals surface area (Å²) in [6.07, 6.45) is 5.30. The third kappa shape index (κ3) is 4.07. The second-order valence-electron chi connectivity index (χ2n) is 8.16. The molecule has 0 bridgehead atoms. The Morgan fingerprint density at radius 3 is 2.60 bits per heavy atom. The molecule has 1 heterocycles. The molecular weight excluding hydrogens is 306 g/mol. The minimum absolute atomic E-state index is 0.176. The second kappa shape index (κ2) is 6.59. The van der Waals surface area contributed by atoms with Crippen molar-refractivity contribution >= 4 is 11.8 Å². The summed E-state index contributed by atoms with van der Waals surface area (Å²) < 4.78 is 6.12. The van der Waals surface area contributed by atoms with E-state index in [0.29, 0.717) is 0 Å². The van der Waals surface area contributed by atoms with E-state index in [-0.39, 0.29) is 11.0 Å². The lowest BCUT2D eigenvalue weighted by Gasteiger charge is -2.30. The van der Waals surface area contributed by atoms with Crippen molar-refractivity contribution in [2.45, 2.75) is 58.6 Å². The van der Waals surface area contributed by atoms with Crippen LogP contribution in [0.25, 0.3) is 6.08 Å².